The molecule has 1 fully saturated rings. The van der Waals surface area contributed by atoms with Gasteiger partial charge in [0.05, 0.1) is 7.11 Å². The average Bonchev–Trinajstić information content (AvgIpc) is 3.12. The van der Waals surface area contributed by atoms with Crippen molar-refractivity contribution in [2.24, 2.45) is 0 Å². The Balaban J connectivity index is 1.47. The summed E-state index contributed by atoms with van der Waals surface area (Å²) in [7, 11) is 1.38. The molecule has 3 heterocycles. The first kappa shape index (κ1) is 18.0. The number of anilines is 1. The van der Waals surface area contributed by atoms with Crippen LogP contribution in [0.4, 0.5) is 10.3 Å². The molecular weight excluding hydrogens is 367 g/mol. The lowest BCUT2D eigenvalue weighted by Gasteiger charge is -2.34. The zero-order valence-electron chi connectivity index (χ0n) is 15.5. The van der Waals surface area contributed by atoms with Crippen LogP contribution in [0.15, 0.2) is 29.1 Å². The Hall–Kier alpha value is -3.43. The van der Waals surface area contributed by atoms with Crippen molar-refractivity contribution >= 4 is 17.6 Å². The third-order valence-electron chi connectivity index (χ3n) is 4.71. The van der Waals surface area contributed by atoms with Crippen LogP contribution >= 0.6 is 0 Å². The number of carbonyl (C=O) groups is 1. The molecule has 146 valence electrons. The zero-order valence-corrected chi connectivity index (χ0v) is 15.5. The van der Waals surface area contributed by atoms with Crippen LogP contribution in [0.2, 0.25) is 0 Å². The Bertz CT molecular complexity index is 1100. The number of fused-ring (bicyclic) bond motifs is 1. The minimum Gasteiger partial charge on any atom is -0.494 e. The molecule has 0 bridgehead atoms. The van der Waals surface area contributed by atoms with E-state index in [1.54, 1.807) is 17.9 Å². The highest BCUT2D eigenvalue weighted by atomic mass is 19.1. The maximum absolute atomic E-state index is 13.9. The molecule has 9 nitrogen and oxygen atoms in total. The summed E-state index contributed by atoms with van der Waals surface area (Å²) in [5, 5.41) is 2.95. The molecule has 3 aromatic rings. The fourth-order valence-corrected chi connectivity index (χ4v) is 3.23. The first-order valence-electron chi connectivity index (χ1n) is 8.80. The summed E-state index contributed by atoms with van der Waals surface area (Å²) in [4.78, 5) is 36.9. The maximum atomic E-state index is 13.9. The van der Waals surface area contributed by atoms with Crippen LogP contribution in [-0.4, -0.2) is 63.7 Å². The lowest BCUT2D eigenvalue weighted by Crippen LogP contribution is -2.49. The Morgan fingerprint density at radius 1 is 1.18 bits per heavy atom. The summed E-state index contributed by atoms with van der Waals surface area (Å²) in [5.74, 6) is 0.136. The van der Waals surface area contributed by atoms with Gasteiger partial charge in [0.15, 0.2) is 11.6 Å². The molecule has 0 radical (unpaired) electrons. The average molecular weight is 386 g/mol. The number of nitrogens with zero attached hydrogens (tertiary/aromatic N) is 5. The van der Waals surface area contributed by atoms with Gasteiger partial charge < -0.3 is 14.5 Å². The van der Waals surface area contributed by atoms with Gasteiger partial charge in [0.2, 0.25) is 5.95 Å². The molecule has 0 spiro atoms. The van der Waals surface area contributed by atoms with E-state index in [0.29, 0.717) is 43.6 Å². The molecule has 0 atom stereocenters. The number of carbonyl (C=O) groups excluding carboxylic acids is 1. The molecule has 28 heavy (non-hydrogen) atoms. The van der Waals surface area contributed by atoms with Crippen LogP contribution in [0.25, 0.3) is 5.78 Å². The smallest absolute Gasteiger partial charge is 0.274 e. The van der Waals surface area contributed by atoms with Crippen LogP contribution in [0, 0.1) is 12.7 Å². The number of H-pyrrole nitrogens is 1. The van der Waals surface area contributed by atoms with E-state index in [1.165, 1.54) is 29.8 Å². The topological polar surface area (TPSA) is 95.8 Å². The SMILES string of the molecule is COc1ccc(C(=O)N2CCN(c3nc4nc(C)cc(=O)n4[nH]3)CC2)cc1F. The number of aromatic amines is 1. The van der Waals surface area contributed by atoms with E-state index in [1.807, 2.05) is 4.90 Å². The van der Waals surface area contributed by atoms with E-state index in [4.69, 9.17) is 4.74 Å². The lowest BCUT2D eigenvalue weighted by atomic mass is 10.1. The normalized spacial score (nSPS) is 14.5. The third-order valence-corrected chi connectivity index (χ3v) is 4.71. The summed E-state index contributed by atoms with van der Waals surface area (Å²) in [6.45, 7) is 3.69. The molecule has 1 aliphatic heterocycles. The Labute approximate surface area is 159 Å². The highest BCUT2D eigenvalue weighted by Crippen LogP contribution is 2.20. The van der Waals surface area contributed by atoms with Crippen molar-refractivity contribution in [3.8, 4) is 5.75 Å². The van der Waals surface area contributed by atoms with Crippen LogP contribution < -0.4 is 15.2 Å². The molecule has 4 rings (SSSR count). The summed E-state index contributed by atoms with van der Waals surface area (Å²) >= 11 is 0. The van der Waals surface area contributed by atoms with Crippen LogP contribution in [0.1, 0.15) is 16.1 Å². The Morgan fingerprint density at radius 2 is 1.93 bits per heavy atom. The van der Waals surface area contributed by atoms with Crippen molar-refractivity contribution in [2.75, 3.05) is 38.2 Å². The number of nitrogens with one attached hydrogen (secondary N) is 1. The van der Waals surface area contributed by atoms with E-state index in [9.17, 15) is 14.0 Å². The number of hydrogen-bond acceptors (Lipinski definition) is 6. The number of benzene rings is 1. The number of aromatic nitrogens is 4. The molecule has 0 aliphatic carbocycles. The number of methoxy groups -OCH3 is 1. The summed E-state index contributed by atoms with van der Waals surface area (Å²) in [6.07, 6.45) is 0. The number of hydrogen-bond donors (Lipinski definition) is 1. The third kappa shape index (κ3) is 3.17. The van der Waals surface area contributed by atoms with Gasteiger partial charge in [-0.3, -0.25) is 14.7 Å². The molecular formula is C18H19FN6O3. The predicted octanol–water partition coefficient (Wildman–Crippen LogP) is 0.836. The molecule has 1 aliphatic rings. The first-order chi connectivity index (χ1) is 13.5. The summed E-state index contributed by atoms with van der Waals surface area (Å²) in [5.41, 5.74) is 0.656. The van der Waals surface area contributed by atoms with E-state index >= 15 is 0 Å². The van der Waals surface area contributed by atoms with Gasteiger partial charge in [0.25, 0.3) is 17.2 Å². The predicted molar refractivity (Wildman–Crippen MR) is 99.4 cm³/mol. The molecule has 0 unspecified atom stereocenters. The van der Waals surface area contributed by atoms with E-state index in [-0.39, 0.29) is 22.8 Å². The number of piperazine rings is 1. The highest BCUT2D eigenvalue weighted by molar-refractivity contribution is 5.94. The minimum atomic E-state index is -0.567. The fraction of sp³-hybridized carbons (Fsp3) is 0.333. The molecule has 1 N–H and O–H groups in total. The van der Waals surface area contributed by atoms with Gasteiger partial charge in [-0.05, 0) is 25.1 Å². The van der Waals surface area contributed by atoms with Crippen molar-refractivity contribution < 1.29 is 13.9 Å². The van der Waals surface area contributed by atoms with Crippen molar-refractivity contribution in [1.82, 2.24) is 24.5 Å². The van der Waals surface area contributed by atoms with Crippen molar-refractivity contribution in [1.29, 1.82) is 0 Å². The number of amides is 1. The Morgan fingerprint density at radius 3 is 2.61 bits per heavy atom. The first-order valence-corrected chi connectivity index (χ1v) is 8.80. The van der Waals surface area contributed by atoms with Gasteiger partial charge in [0.1, 0.15) is 0 Å². The molecule has 1 saturated heterocycles. The number of rotatable bonds is 3. The number of aryl methyl sites for hydroxylation is 1. The van der Waals surface area contributed by atoms with Crippen LogP contribution in [0.3, 0.4) is 0 Å². The van der Waals surface area contributed by atoms with Gasteiger partial charge in [-0.1, -0.05) is 0 Å². The second-order valence-corrected chi connectivity index (χ2v) is 6.55. The van der Waals surface area contributed by atoms with Crippen LogP contribution in [-0.2, 0) is 0 Å². The van der Waals surface area contributed by atoms with Gasteiger partial charge in [-0.15, -0.1) is 0 Å². The minimum absolute atomic E-state index is 0.102. The van der Waals surface area contributed by atoms with Crippen molar-refractivity contribution in [2.45, 2.75) is 6.92 Å². The fourth-order valence-electron chi connectivity index (χ4n) is 3.23. The molecule has 0 saturated carbocycles. The van der Waals surface area contributed by atoms with Gasteiger partial charge in [-0.2, -0.15) is 9.50 Å². The number of halogens is 1. The molecule has 1 aromatic carbocycles. The Kier molecular flexibility index (Phi) is 4.46. The van der Waals surface area contributed by atoms with Crippen molar-refractivity contribution in [3.05, 3.63) is 51.7 Å². The van der Waals surface area contributed by atoms with Gasteiger partial charge in [0, 0.05) is 43.5 Å². The summed E-state index contributed by atoms with van der Waals surface area (Å²) in [6, 6.07) is 5.61. The second-order valence-electron chi connectivity index (χ2n) is 6.55. The molecule has 1 amide bonds. The quantitative estimate of drug-likeness (QED) is 0.717. The second kappa shape index (κ2) is 6.95. The van der Waals surface area contributed by atoms with Gasteiger partial charge >= 0.3 is 0 Å². The van der Waals surface area contributed by atoms with Crippen LogP contribution in [0.5, 0.6) is 5.75 Å². The standard InChI is InChI=1S/C18H19FN6O3/c1-11-9-15(26)25-17(20-11)21-18(22-25)24-7-5-23(6-8-24)16(27)12-3-4-14(28-2)13(19)10-12/h3-4,9-10H,5-8H2,1-2H3,(H,20,21,22). The molecule has 10 heteroatoms. The lowest BCUT2D eigenvalue weighted by molar-refractivity contribution is 0.0745. The van der Waals surface area contributed by atoms with Crippen molar-refractivity contribution in [3.63, 3.8) is 0 Å². The zero-order chi connectivity index (χ0) is 19.8. The van der Waals surface area contributed by atoms with E-state index in [2.05, 4.69) is 15.1 Å². The van der Waals surface area contributed by atoms with E-state index < -0.39 is 5.82 Å². The molecule has 2 aromatic heterocycles. The highest BCUT2D eigenvalue weighted by Gasteiger charge is 2.25. The van der Waals surface area contributed by atoms with Gasteiger partial charge in [-0.25, -0.2) is 9.37 Å². The monoisotopic (exact) mass is 386 g/mol. The maximum Gasteiger partial charge on any atom is 0.274 e. The largest absolute Gasteiger partial charge is 0.494 e. The van der Waals surface area contributed by atoms with E-state index in [0.717, 1.165) is 0 Å². The number of ether oxygens (including phenoxy) is 1. The summed E-state index contributed by atoms with van der Waals surface area (Å²) < 4.78 is 20.0.